The van der Waals surface area contributed by atoms with Gasteiger partial charge in [0.1, 0.15) is 0 Å². The molecule has 2 amide bonds. The average molecular weight is 392 g/mol. The van der Waals surface area contributed by atoms with Crippen LogP contribution in [0, 0.1) is 5.92 Å². The monoisotopic (exact) mass is 392 g/mol. The van der Waals surface area contributed by atoms with Gasteiger partial charge in [0.25, 0.3) is 0 Å². The minimum atomic E-state index is -0.940. The highest BCUT2D eigenvalue weighted by Gasteiger charge is 2.36. The molecule has 1 aliphatic rings. The second-order valence-corrected chi connectivity index (χ2v) is 6.74. The van der Waals surface area contributed by atoms with E-state index >= 15 is 0 Å². The minimum Gasteiger partial charge on any atom is -0.493 e. The molecule has 0 aliphatic carbocycles. The Bertz CT molecular complexity index is 721. The number of nitrogens with zero attached hydrogens (tertiary/aromatic N) is 2. The maximum absolute atomic E-state index is 12.6. The molecule has 1 unspecified atom stereocenters. The smallest absolute Gasteiger partial charge is 0.305 e. The molecule has 0 spiro atoms. The van der Waals surface area contributed by atoms with Gasteiger partial charge in [-0.15, -0.1) is 0 Å². The lowest BCUT2D eigenvalue weighted by atomic mass is 10.1. The number of aliphatic carboxylic acids is 1. The summed E-state index contributed by atoms with van der Waals surface area (Å²) in [6.45, 7) is 3.29. The first-order valence-corrected chi connectivity index (χ1v) is 9.38. The van der Waals surface area contributed by atoms with Gasteiger partial charge in [0.05, 0.1) is 26.6 Å². The fraction of sp³-hybridized carbons (Fsp3) is 0.550. The minimum absolute atomic E-state index is 0.0480. The molecular weight excluding hydrogens is 364 g/mol. The number of carbonyl (C=O) groups is 3. The van der Waals surface area contributed by atoms with Crippen LogP contribution < -0.4 is 9.47 Å². The van der Waals surface area contributed by atoms with Gasteiger partial charge in [0.2, 0.25) is 11.8 Å². The Labute approximate surface area is 165 Å². The number of amides is 2. The van der Waals surface area contributed by atoms with Crippen molar-refractivity contribution in [3.8, 4) is 11.5 Å². The van der Waals surface area contributed by atoms with E-state index in [1.807, 2.05) is 25.1 Å². The highest BCUT2D eigenvalue weighted by molar-refractivity contribution is 5.89. The van der Waals surface area contributed by atoms with Gasteiger partial charge in [-0.2, -0.15) is 0 Å². The third-order valence-corrected chi connectivity index (χ3v) is 4.97. The number of hydrogen-bond acceptors (Lipinski definition) is 5. The first-order chi connectivity index (χ1) is 13.4. The van der Waals surface area contributed by atoms with E-state index in [2.05, 4.69) is 0 Å². The van der Waals surface area contributed by atoms with E-state index in [9.17, 15) is 14.4 Å². The molecule has 8 heteroatoms. The third-order valence-electron chi connectivity index (χ3n) is 4.97. The quantitative estimate of drug-likeness (QED) is 0.647. The maximum Gasteiger partial charge on any atom is 0.305 e. The van der Waals surface area contributed by atoms with E-state index in [1.54, 1.807) is 19.1 Å². The fourth-order valence-corrected chi connectivity index (χ4v) is 3.37. The number of carbonyl (C=O) groups excluding carboxylic acids is 2. The number of rotatable bonds is 10. The summed E-state index contributed by atoms with van der Waals surface area (Å²) in [6, 6.07) is 5.63. The molecule has 1 aliphatic heterocycles. The first-order valence-electron chi connectivity index (χ1n) is 9.38. The van der Waals surface area contributed by atoms with Crippen LogP contribution in [0.1, 0.15) is 25.3 Å². The Kier molecular flexibility index (Phi) is 7.66. The third kappa shape index (κ3) is 5.37. The molecule has 28 heavy (non-hydrogen) atoms. The number of carboxylic acid groups (broad SMARTS) is 1. The molecule has 0 radical (unpaired) electrons. The lowest BCUT2D eigenvalue weighted by molar-refractivity contribution is -0.139. The first kappa shape index (κ1) is 21.5. The summed E-state index contributed by atoms with van der Waals surface area (Å²) in [5, 5.41) is 8.82. The van der Waals surface area contributed by atoms with E-state index in [0.29, 0.717) is 37.6 Å². The molecule has 0 bridgehead atoms. The number of carboxylic acids is 1. The summed E-state index contributed by atoms with van der Waals surface area (Å²) < 4.78 is 10.5. The maximum atomic E-state index is 12.6. The van der Waals surface area contributed by atoms with Gasteiger partial charge in [-0.1, -0.05) is 6.07 Å². The van der Waals surface area contributed by atoms with Crippen molar-refractivity contribution in [2.24, 2.45) is 5.92 Å². The van der Waals surface area contributed by atoms with Crippen LogP contribution in [-0.4, -0.2) is 73.1 Å². The summed E-state index contributed by atoms with van der Waals surface area (Å²) in [5.74, 6) is -0.260. The van der Waals surface area contributed by atoms with Gasteiger partial charge < -0.3 is 24.4 Å². The van der Waals surface area contributed by atoms with Crippen LogP contribution in [-0.2, 0) is 20.8 Å². The van der Waals surface area contributed by atoms with Gasteiger partial charge >= 0.3 is 5.97 Å². The highest BCUT2D eigenvalue weighted by atomic mass is 16.5. The van der Waals surface area contributed by atoms with Gasteiger partial charge in [0, 0.05) is 32.6 Å². The van der Waals surface area contributed by atoms with E-state index in [4.69, 9.17) is 14.6 Å². The lowest BCUT2D eigenvalue weighted by Gasteiger charge is -2.23. The molecule has 1 atom stereocenters. The summed E-state index contributed by atoms with van der Waals surface area (Å²) >= 11 is 0. The van der Waals surface area contributed by atoms with Crippen LogP contribution in [0.25, 0.3) is 0 Å². The van der Waals surface area contributed by atoms with Gasteiger partial charge in [-0.05, 0) is 31.0 Å². The van der Waals surface area contributed by atoms with Crippen LogP contribution in [0.4, 0.5) is 0 Å². The molecule has 1 heterocycles. The molecule has 154 valence electrons. The molecule has 1 fully saturated rings. The van der Waals surface area contributed by atoms with E-state index < -0.39 is 11.9 Å². The van der Waals surface area contributed by atoms with Gasteiger partial charge in [-0.25, -0.2) is 0 Å². The molecule has 0 saturated carbocycles. The van der Waals surface area contributed by atoms with Crippen LogP contribution >= 0.6 is 0 Å². The van der Waals surface area contributed by atoms with E-state index in [-0.39, 0.29) is 31.2 Å². The molecule has 8 nitrogen and oxygen atoms in total. The Hall–Kier alpha value is -2.77. The summed E-state index contributed by atoms with van der Waals surface area (Å²) in [4.78, 5) is 38.9. The predicted molar refractivity (Wildman–Crippen MR) is 102 cm³/mol. The Morgan fingerprint density at radius 1 is 1.25 bits per heavy atom. The topological polar surface area (TPSA) is 96.4 Å². The van der Waals surface area contributed by atoms with Gasteiger partial charge in [0.15, 0.2) is 11.5 Å². The van der Waals surface area contributed by atoms with E-state index in [0.717, 1.165) is 5.56 Å². The highest BCUT2D eigenvalue weighted by Crippen LogP contribution is 2.28. The SMILES string of the molecule is CCN(CCC(=O)O)C(=O)C1CC(=O)N(CCc2ccc(OC)c(OC)c2)C1. The number of likely N-dealkylation sites (tertiary alicyclic amines) is 1. The van der Waals surface area contributed by atoms with Gasteiger partial charge in [-0.3, -0.25) is 14.4 Å². The van der Waals surface area contributed by atoms with Crippen molar-refractivity contribution in [2.75, 3.05) is 40.4 Å². The number of methoxy groups -OCH3 is 2. The Balaban J connectivity index is 1.93. The molecule has 1 saturated heterocycles. The largest absolute Gasteiger partial charge is 0.493 e. The standard InChI is InChI=1S/C20H28N2O6/c1-4-21(10-8-19(24)25)20(26)15-12-18(23)22(13-15)9-7-14-5-6-16(27-2)17(11-14)28-3/h5-6,11,15H,4,7-10,12-13H2,1-3H3,(H,24,25). The van der Waals surface area contributed by atoms with Crippen molar-refractivity contribution in [3.05, 3.63) is 23.8 Å². The molecule has 2 rings (SSSR count). The van der Waals surface area contributed by atoms with Crippen molar-refractivity contribution in [3.63, 3.8) is 0 Å². The summed E-state index contributed by atoms with van der Waals surface area (Å²) in [5.41, 5.74) is 1.01. The molecule has 1 aromatic rings. The normalized spacial score (nSPS) is 16.2. The summed E-state index contributed by atoms with van der Waals surface area (Å²) in [7, 11) is 3.15. The van der Waals surface area contributed by atoms with Crippen LogP contribution in [0.2, 0.25) is 0 Å². The number of hydrogen-bond donors (Lipinski definition) is 1. The average Bonchev–Trinajstić information content (AvgIpc) is 3.06. The number of ether oxygens (including phenoxy) is 2. The molecule has 0 aromatic heterocycles. The van der Waals surface area contributed by atoms with Crippen molar-refractivity contribution in [1.82, 2.24) is 9.80 Å². The van der Waals surface area contributed by atoms with Crippen molar-refractivity contribution in [1.29, 1.82) is 0 Å². The zero-order chi connectivity index (χ0) is 20.7. The lowest BCUT2D eigenvalue weighted by Crippen LogP contribution is -2.38. The Morgan fingerprint density at radius 3 is 2.57 bits per heavy atom. The predicted octanol–water partition coefficient (Wildman–Crippen LogP) is 1.42. The van der Waals surface area contributed by atoms with Crippen molar-refractivity contribution < 1.29 is 29.0 Å². The van der Waals surface area contributed by atoms with Crippen LogP contribution in [0.15, 0.2) is 18.2 Å². The summed E-state index contributed by atoms with van der Waals surface area (Å²) in [6.07, 6.45) is 0.723. The molecular formula is C20H28N2O6. The zero-order valence-electron chi connectivity index (χ0n) is 16.6. The number of benzene rings is 1. The molecule has 1 aromatic carbocycles. The van der Waals surface area contributed by atoms with E-state index in [1.165, 1.54) is 4.90 Å². The zero-order valence-corrected chi connectivity index (χ0v) is 16.6. The second kappa shape index (κ2) is 9.96. The second-order valence-electron chi connectivity index (χ2n) is 6.74. The van der Waals surface area contributed by atoms with Crippen LogP contribution in [0.5, 0.6) is 11.5 Å². The van der Waals surface area contributed by atoms with Crippen LogP contribution in [0.3, 0.4) is 0 Å². The van der Waals surface area contributed by atoms with Crippen molar-refractivity contribution >= 4 is 17.8 Å². The van der Waals surface area contributed by atoms with Crippen molar-refractivity contribution in [2.45, 2.75) is 26.2 Å². The fourth-order valence-electron chi connectivity index (χ4n) is 3.37. The Morgan fingerprint density at radius 2 is 1.96 bits per heavy atom. The molecule has 1 N–H and O–H groups in total.